The van der Waals surface area contributed by atoms with Crippen LogP contribution in [-0.4, -0.2) is 61.3 Å². The summed E-state index contributed by atoms with van der Waals surface area (Å²) in [6.45, 7) is 24.6. The van der Waals surface area contributed by atoms with E-state index in [2.05, 4.69) is 41.5 Å². The standard InChI is InChI=1S/C16H38N2.2BrH/c1-7-17(8-2,9-3)15-13-14-16-18(10-4,11-5)12-6;;/h7-16H2,1-6H3;2*1H/q+2;;/p-2. The first-order chi connectivity index (χ1) is 8.57. The fourth-order valence-electron chi connectivity index (χ4n) is 3.18. The van der Waals surface area contributed by atoms with Gasteiger partial charge in [-0.05, 0) is 41.5 Å². The molecule has 0 aliphatic rings. The molecular formula is C16H38Br2N2. The van der Waals surface area contributed by atoms with Crippen molar-refractivity contribution < 1.29 is 42.9 Å². The van der Waals surface area contributed by atoms with E-state index in [-0.39, 0.29) is 34.0 Å². The molecule has 2 nitrogen and oxygen atoms in total. The van der Waals surface area contributed by atoms with Gasteiger partial charge in [0, 0.05) is 12.8 Å². The highest BCUT2D eigenvalue weighted by Crippen LogP contribution is 2.12. The number of halogens is 2. The van der Waals surface area contributed by atoms with Crippen molar-refractivity contribution in [2.45, 2.75) is 54.4 Å². The van der Waals surface area contributed by atoms with Crippen LogP contribution in [0.3, 0.4) is 0 Å². The minimum Gasteiger partial charge on any atom is -1.00 e. The van der Waals surface area contributed by atoms with Crippen LogP contribution in [0.5, 0.6) is 0 Å². The number of nitrogens with zero attached hydrogens (tertiary/aromatic N) is 2. The first kappa shape index (κ1) is 25.8. The van der Waals surface area contributed by atoms with E-state index in [9.17, 15) is 0 Å². The second-order valence-electron chi connectivity index (χ2n) is 5.73. The third kappa shape index (κ3) is 7.77. The Balaban J connectivity index is -0.00000144. The Hall–Kier alpha value is 0.880. The van der Waals surface area contributed by atoms with Crippen molar-refractivity contribution in [2.24, 2.45) is 0 Å². The van der Waals surface area contributed by atoms with Gasteiger partial charge in [0.1, 0.15) is 0 Å². The molecule has 0 rings (SSSR count). The quantitative estimate of drug-likeness (QED) is 0.258. The van der Waals surface area contributed by atoms with Gasteiger partial charge in [-0.15, -0.1) is 0 Å². The zero-order valence-corrected chi connectivity index (χ0v) is 17.9. The van der Waals surface area contributed by atoms with Crippen LogP contribution in [0.2, 0.25) is 0 Å². The monoisotopic (exact) mass is 416 g/mol. The average molecular weight is 418 g/mol. The molecule has 126 valence electrons. The van der Waals surface area contributed by atoms with Gasteiger partial charge in [-0.2, -0.15) is 0 Å². The molecule has 0 saturated carbocycles. The molecule has 4 heteroatoms. The Morgan fingerprint density at radius 2 is 0.650 bits per heavy atom. The first-order valence-electron chi connectivity index (χ1n) is 8.27. The zero-order valence-electron chi connectivity index (χ0n) is 14.7. The van der Waals surface area contributed by atoms with Crippen molar-refractivity contribution in [1.82, 2.24) is 0 Å². The number of unbranched alkanes of at least 4 members (excludes halogenated alkanes) is 1. The number of rotatable bonds is 11. The van der Waals surface area contributed by atoms with E-state index in [0.717, 1.165) is 0 Å². The topological polar surface area (TPSA) is 0 Å². The van der Waals surface area contributed by atoms with Gasteiger partial charge in [0.15, 0.2) is 0 Å². The van der Waals surface area contributed by atoms with Crippen LogP contribution in [0.1, 0.15) is 54.4 Å². The Bertz CT molecular complexity index is 164. The molecule has 0 bridgehead atoms. The summed E-state index contributed by atoms with van der Waals surface area (Å²) in [5, 5.41) is 0. The van der Waals surface area contributed by atoms with Gasteiger partial charge in [-0.1, -0.05) is 0 Å². The van der Waals surface area contributed by atoms with Crippen LogP contribution in [0.15, 0.2) is 0 Å². The van der Waals surface area contributed by atoms with Crippen LogP contribution < -0.4 is 34.0 Å². The first-order valence-corrected chi connectivity index (χ1v) is 8.27. The van der Waals surface area contributed by atoms with E-state index >= 15 is 0 Å². The van der Waals surface area contributed by atoms with E-state index in [4.69, 9.17) is 0 Å². The Kier molecular flexibility index (Phi) is 17.5. The molecule has 0 radical (unpaired) electrons. The van der Waals surface area contributed by atoms with Gasteiger partial charge in [-0.25, -0.2) is 0 Å². The minimum absolute atomic E-state index is 0. The maximum absolute atomic E-state index is 2.34. The van der Waals surface area contributed by atoms with Crippen LogP contribution in [-0.2, 0) is 0 Å². The molecule has 0 aromatic carbocycles. The molecule has 0 spiro atoms. The van der Waals surface area contributed by atoms with Crippen LogP contribution in [0.25, 0.3) is 0 Å². The van der Waals surface area contributed by atoms with Crippen molar-refractivity contribution in [1.29, 1.82) is 0 Å². The van der Waals surface area contributed by atoms with Gasteiger partial charge in [-0.3, -0.25) is 0 Å². The van der Waals surface area contributed by atoms with E-state index in [1.165, 1.54) is 74.2 Å². The third-order valence-corrected chi connectivity index (χ3v) is 5.54. The largest absolute Gasteiger partial charge is 1.00 e. The molecule has 0 unspecified atom stereocenters. The molecule has 0 saturated heterocycles. The molecule has 0 aliphatic carbocycles. The molecule has 0 amide bonds. The van der Waals surface area contributed by atoms with Crippen molar-refractivity contribution in [2.75, 3.05) is 52.4 Å². The molecule has 0 fully saturated rings. The van der Waals surface area contributed by atoms with E-state index in [1.807, 2.05) is 0 Å². The van der Waals surface area contributed by atoms with E-state index in [1.54, 1.807) is 0 Å². The summed E-state index contributed by atoms with van der Waals surface area (Å²) in [4.78, 5) is 0. The highest BCUT2D eigenvalue weighted by molar-refractivity contribution is 4.45. The summed E-state index contributed by atoms with van der Waals surface area (Å²) in [6.07, 6.45) is 2.80. The van der Waals surface area contributed by atoms with Crippen molar-refractivity contribution in [3.63, 3.8) is 0 Å². The van der Waals surface area contributed by atoms with Crippen molar-refractivity contribution >= 4 is 0 Å². The second-order valence-corrected chi connectivity index (χ2v) is 5.73. The normalized spacial score (nSPS) is 11.7. The van der Waals surface area contributed by atoms with Gasteiger partial charge < -0.3 is 42.9 Å². The summed E-state index contributed by atoms with van der Waals surface area (Å²) in [5.41, 5.74) is 0. The molecule has 0 aromatic heterocycles. The number of hydrogen-bond acceptors (Lipinski definition) is 0. The predicted molar refractivity (Wildman–Crippen MR) is 82.7 cm³/mol. The summed E-state index contributed by atoms with van der Waals surface area (Å²) in [5.74, 6) is 0. The molecule has 0 atom stereocenters. The van der Waals surface area contributed by atoms with E-state index < -0.39 is 0 Å². The van der Waals surface area contributed by atoms with Gasteiger partial charge in [0.05, 0.1) is 52.4 Å². The van der Waals surface area contributed by atoms with Crippen molar-refractivity contribution in [3.05, 3.63) is 0 Å². The zero-order chi connectivity index (χ0) is 14.1. The summed E-state index contributed by atoms with van der Waals surface area (Å²) in [6, 6.07) is 0. The van der Waals surface area contributed by atoms with Gasteiger partial charge in [0.25, 0.3) is 0 Å². The highest BCUT2D eigenvalue weighted by atomic mass is 79.9. The van der Waals surface area contributed by atoms with Crippen LogP contribution in [0.4, 0.5) is 0 Å². The van der Waals surface area contributed by atoms with E-state index in [0.29, 0.717) is 0 Å². The smallest absolute Gasteiger partial charge is 0.0788 e. The molecule has 0 aliphatic heterocycles. The molecule has 0 aromatic rings. The van der Waals surface area contributed by atoms with Crippen LogP contribution in [0, 0.1) is 0 Å². The lowest BCUT2D eigenvalue weighted by molar-refractivity contribution is -0.929. The lowest BCUT2D eigenvalue weighted by atomic mass is 10.2. The van der Waals surface area contributed by atoms with Gasteiger partial charge >= 0.3 is 0 Å². The molecule has 20 heavy (non-hydrogen) atoms. The summed E-state index contributed by atoms with van der Waals surface area (Å²) >= 11 is 0. The molecular weight excluding hydrogens is 380 g/mol. The minimum atomic E-state index is 0. The highest BCUT2D eigenvalue weighted by Gasteiger charge is 2.23. The average Bonchev–Trinajstić information content (AvgIpc) is 2.45. The third-order valence-electron chi connectivity index (χ3n) is 5.54. The fourth-order valence-corrected chi connectivity index (χ4v) is 3.18. The Morgan fingerprint density at radius 1 is 0.450 bits per heavy atom. The van der Waals surface area contributed by atoms with Crippen molar-refractivity contribution in [3.8, 4) is 0 Å². The summed E-state index contributed by atoms with van der Waals surface area (Å²) in [7, 11) is 0. The molecule has 0 heterocycles. The maximum Gasteiger partial charge on any atom is 0.0788 e. The lowest BCUT2D eigenvalue weighted by Gasteiger charge is -2.38. The van der Waals surface area contributed by atoms with Gasteiger partial charge in [0.2, 0.25) is 0 Å². The SMILES string of the molecule is CC[N+](CC)(CC)CCCC[N+](CC)(CC)CC.[Br-].[Br-]. The van der Waals surface area contributed by atoms with Crippen LogP contribution >= 0.6 is 0 Å². The predicted octanol–water partition coefficient (Wildman–Crippen LogP) is -2.47. The number of quaternary nitrogens is 2. The molecule has 0 N–H and O–H groups in total. The Labute approximate surface area is 149 Å². The lowest BCUT2D eigenvalue weighted by Crippen LogP contribution is -3.00. The fraction of sp³-hybridized carbons (Fsp3) is 1.00. The maximum atomic E-state index is 2.34. The summed E-state index contributed by atoms with van der Waals surface area (Å²) < 4.78 is 2.62. The number of hydrogen-bond donors (Lipinski definition) is 0. The Morgan fingerprint density at radius 3 is 0.800 bits per heavy atom. The second kappa shape index (κ2) is 13.5.